The van der Waals surface area contributed by atoms with E-state index in [0.29, 0.717) is 35.6 Å². The molecule has 1 fully saturated rings. The van der Waals surface area contributed by atoms with E-state index in [1.807, 2.05) is 59.2 Å². The van der Waals surface area contributed by atoms with E-state index < -0.39 is 0 Å². The normalized spacial score (nSPS) is 16.2. The Labute approximate surface area is 180 Å². The highest BCUT2D eigenvalue weighted by Gasteiger charge is 2.26. The first-order chi connectivity index (χ1) is 15.2. The van der Waals surface area contributed by atoms with Crippen molar-refractivity contribution < 1.29 is 9.53 Å². The second kappa shape index (κ2) is 8.35. The summed E-state index contributed by atoms with van der Waals surface area (Å²) < 4.78 is 7.69. The third kappa shape index (κ3) is 3.84. The molecule has 1 aliphatic heterocycles. The number of rotatable bonds is 6. The Balaban J connectivity index is 1.50. The van der Waals surface area contributed by atoms with Crippen molar-refractivity contribution in [3.63, 3.8) is 0 Å². The van der Waals surface area contributed by atoms with Crippen molar-refractivity contribution in [2.75, 3.05) is 18.9 Å². The number of benzene rings is 2. The number of nitrogens with one attached hydrogen (secondary N) is 1. The molecule has 3 heterocycles. The summed E-state index contributed by atoms with van der Waals surface area (Å²) >= 11 is 0. The molecule has 31 heavy (non-hydrogen) atoms. The van der Waals surface area contributed by atoms with Gasteiger partial charge in [-0.1, -0.05) is 42.5 Å². The van der Waals surface area contributed by atoms with E-state index in [4.69, 9.17) is 20.4 Å². The maximum absolute atomic E-state index is 13.2. The lowest BCUT2D eigenvalue weighted by Gasteiger charge is -2.13. The topological polar surface area (TPSA) is 95.1 Å². The van der Waals surface area contributed by atoms with Crippen molar-refractivity contribution in [3.8, 4) is 0 Å². The number of carbonyl (C=O) groups excluding carboxylic acids is 1. The van der Waals surface area contributed by atoms with E-state index in [1.54, 1.807) is 0 Å². The quantitative estimate of drug-likeness (QED) is 0.504. The number of amides is 1. The predicted molar refractivity (Wildman–Crippen MR) is 121 cm³/mol. The van der Waals surface area contributed by atoms with Gasteiger partial charge in [0, 0.05) is 13.2 Å². The van der Waals surface area contributed by atoms with Crippen LogP contribution in [-0.4, -0.2) is 39.7 Å². The molecule has 2 aromatic heterocycles. The fourth-order valence-electron chi connectivity index (χ4n) is 4.17. The standard InChI is InChI=1S/C24H25N5O2/c25-22-20(24(30)26-13-12-16-7-2-1-3-8-16)21-23(29(22)15-17-9-6-14-31-17)28-19-11-5-4-10-18(19)27-21/h1-5,7-8,10-11,17H,6,9,12-15,25H2,(H,26,30)/t17-/m0/s1. The number of nitrogens with zero attached hydrogens (tertiary/aromatic N) is 3. The molecule has 7 heteroatoms. The fourth-order valence-corrected chi connectivity index (χ4v) is 4.17. The van der Waals surface area contributed by atoms with Crippen LogP contribution in [0.4, 0.5) is 5.82 Å². The largest absolute Gasteiger partial charge is 0.384 e. The summed E-state index contributed by atoms with van der Waals surface area (Å²) in [5.74, 6) is 0.159. The van der Waals surface area contributed by atoms with E-state index in [9.17, 15) is 4.79 Å². The van der Waals surface area contributed by atoms with Crippen molar-refractivity contribution in [2.45, 2.75) is 31.9 Å². The summed E-state index contributed by atoms with van der Waals surface area (Å²) in [6.45, 7) is 1.83. The summed E-state index contributed by atoms with van der Waals surface area (Å²) in [4.78, 5) is 22.7. The lowest BCUT2D eigenvalue weighted by Crippen LogP contribution is -2.27. The maximum Gasteiger partial charge on any atom is 0.257 e. The van der Waals surface area contributed by atoms with Gasteiger partial charge < -0.3 is 20.4 Å². The minimum Gasteiger partial charge on any atom is -0.384 e. The number of para-hydroxylation sites is 2. The second-order valence-electron chi connectivity index (χ2n) is 7.88. The van der Waals surface area contributed by atoms with Crippen LogP contribution in [0.3, 0.4) is 0 Å². The van der Waals surface area contributed by atoms with Crippen LogP contribution in [0.2, 0.25) is 0 Å². The molecule has 0 spiro atoms. The first-order valence-electron chi connectivity index (χ1n) is 10.7. The van der Waals surface area contributed by atoms with E-state index in [1.165, 1.54) is 5.56 Å². The molecule has 1 atom stereocenters. The third-order valence-electron chi connectivity index (χ3n) is 5.77. The highest BCUT2D eigenvalue weighted by Crippen LogP contribution is 2.29. The minimum atomic E-state index is -0.228. The van der Waals surface area contributed by atoms with Crippen LogP contribution in [-0.2, 0) is 17.7 Å². The van der Waals surface area contributed by atoms with E-state index >= 15 is 0 Å². The van der Waals surface area contributed by atoms with Gasteiger partial charge in [-0.3, -0.25) is 4.79 Å². The summed E-state index contributed by atoms with van der Waals surface area (Å²) in [5, 5.41) is 3.00. The SMILES string of the molecule is Nc1c(C(=O)NCCc2ccccc2)c2nc3ccccc3nc2n1C[C@@H]1CCCO1. The number of hydrogen-bond acceptors (Lipinski definition) is 5. The van der Waals surface area contributed by atoms with Crippen LogP contribution in [0, 0.1) is 0 Å². The Kier molecular flexibility index (Phi) is 5.26. The lowest BCUT2D eigenvalue weighted by molar-refractivity contribution is 0.0949. The number of aromatic nitrogens is 3. The van der Waals surface area contributed by atoms with Gasteiger partial charge >= 0.3 is 0 Å². The van der Waals surface area contributed by atoms with Gasteiger partial charge in [-0.05, 0) is 37.0 Å². The summed E-state index contributed by atoms with van der Waals surface area (Å²) in [7, 11) is 0. The van der Waals surface area contributed by atoms with Crippen molar-refractivity contribution in [1.29, 1.82) is 0 Å². The molecular weight excluding hydrogens is 390 g/mol. The Morgan fingerprint density at radius 3 is 2.58 bits per heavy atom. The number of nitrogens with two attached hydrogens (primary N) is 1. The molecule has 1 saturated heterocycles. The molecule has 1 amide bonds. The monoisotopic (exact) mass is 415 g/mol. The van der Waals surface area contributed by atoms with Gasteiger partial charge in [0.15, 0.2) is 5.65 Å². The first-order valence-corrected chi connectivity index (χ1v) is 10.7. The number of ether oxygens (including phenoxy) is 1. The zero-order chi connectivity index (χ0) is 21.2. The van der Waals surface area contributed by atoms with Gasteiger partial charge in [-0.2, -0.15) is 0 Å². The van der Waals surface area contributed by atoms with Gasteiger partial charge in [0.05, 0.1) is 23.7 Å². The van der Waals surface area contributed by atoms with E-state index in [2.05, 4.69) is 5.32 Å². The molecule has 0 radical (unpaired) electrons. The molecule has 2 aromatic carbocycles. The van der Waals surface area contributed by atoms with Crippen molar-refractivity contribution >= 4 is 33.9 Å². The van der Waals surface area contributed by atoms with Gasteiger partial charge in [-0.25, -0.2) is 9.97 Å². The number of nitrogen functional groups attached to an aromatic ring is 1. The van der Waals surface area contributed by atoms with E-state index in [0.717, 1.165) is 36.9 Å². The molecule has 5 rings (SSSR count). The minimum absolute atomic E-state index is 0.0696. The van der Waals surface area contributed by atoms with E-state index in [-0.39, 0.29) is 12.0 Å². The van der Waals surface area contributed by atoms with Crippen molar-refractivity contribution in [2.24, 2.45) is 0 Å². The molecule has 158 valence electrons. The van der Waals surface area contributed by atoms with Crippen LogP contribution in [0.5, 0.6) is 0 Å². The molecule has 0 saturated carbocycles. The summed E-state index contributed by atoms with van der Waals surface area (Å²) in [5.41, 5.74) is 10.7. The highest BCUT2D eigenvalue weighted by atomic mass is 16.5. The Morgan fingerprint density at radius 1 is 1.10 bits per heavy atom. The molecule has 3 N–H and O–H groups in total. The Bertz CT molecular complexity index is 1230. The highest BCUT2D eigenvalue weighted by molar-refractivity contribution is 6.10. The Hall–Kier alpha value is -3.45. The number of carbonyl (C=O) groups is 1. The van der Waals surface area contributed by atoms with Crippen LogP contribution in [0.25, 0.3) is 22.2 Å². The zero-order valence-corrected chi connectivity index (χ0v) is 17.3. The van der Waals surface area contributed by atoms with Gasteiger partial charge in [-0.15, -0.1) is 0 Å². The second-order valence-corrected chi connectivity index (χ2v) is 7.88. The fraction of sp³-hybridized carbons (Fsp3) is 0.292. The molecule has 4 aromatic rings. The van der Waals surface area contributed by atoms with Crippen molar-refractivity contribution in [3.05, 3.63) is 65.7 Å². The van der Waals surface area contributed by atoms with Crippen LogP contribution in [0.1, 0.15) is 28.8 Å². The van der Waals surface area contributed by atoms with Gasteiger partial charge in [0.1, 0.15) is 16.9 Å². The number of hydrogen-bond donors (Lipinski definition) is 2. The average molecular weight is 415 g/mol. The van der Waals surface area contributed by atoms with Crippen LogP contribution in [0.15, 0.2) is 54.6 Å². The van der Waals surface area contributed by atoms with Gasteiger partial charge in [0.25, 0.3) is 5.91 Å². The van der Waals surface area contributed by atoms with Crippen molar-refractivity contribution in [1.82, 2.24) is 19.9 Å². The molecule has 0 unspecified atom stereocenters. The molecule has 0 aliphatic carbocycles. The average Bonchev–Trinajstić information content (AvgIpc) is 3.40. The molecule has 0 bridgehead atoms. The third-order valence-corrected chi connectivity index (χ3v) is 5.77. The number of anilines is 1. The first kappa shape index (κ1) is 19.5. The molecular formula is C24H25N5O2. The van der Waals surface area contributed by atoms with Crippen LogP contribution < -0.4 is 11.1 Å². The maximum atomic E-state index is 13.2. The van der Waals surface area contributed by atoms with Crippen LogP contribution >= 0.6 is 0 Å². The number of fused-ring (bicyclic) bond motifs is 2. The molecule has 1 aliphatic rings. The van der Waals surface area contributed by atoms with Gasteiger partial charge in [0.2, 0.25) is 0 Å². The molecule has 7 nitrogen and oxygen atoms in total. The Morgan fingerprint density at radius 2 is 1.84 bits per heavy atom. The lowest BCUT2D eigenvalue weighted by atomic mass is 10.1. The summed E-state index contributed by atoms with van der Waals surface area (Å²) in [6.07, 6.45) is 2.82. The summed E-state index contributed by atoms with van der Waals surface area (Å²) in [6, 6.07) is 17.7. The smallest absolute Gasteiger partial charge is 0.257 e. The zero-order valence-electron chi connectivity index (χ0n) is 17.3. The predicted octanol–water partition coefficient (Wildman–Crippen LogP) is 3.32.